The van der Waals surface area contributed by atoms with E-state index in [2.05, 4.69) is 36.2 Å². The average Bonchev–Trinajstić information content (AvgIpc) is 3.35. The van der Waals surface area contributed by atoms with Crippen LogP contribution in [0.25, 0.3) is 11.3 Å². The van der Waals surface area contributed by atoms with Gasteiger partial charge < -0.3 is 24.0 Å². The third kappa shape index (κ3) is 4.19. The Labute approximate surface area is 179 Å². The first kappa shape index (κ1) is 19.4. The summed E-state index contributed by atoms with van der Waals surface area (Å²) in [6.45, 7) is 5.68. The highest BCUT2D eigenvalue weighted by molar-refractivity contribution is 5.93. The lowest BCUT2D eigenvalue weighted by molar-refractivity contribution is 0.0736. The van der Waals surface area contributed by atoms with E-state index in [1.54, 1.807) is 29.6 Å². The number of aromatic nitrogens is 4. The first-order valence-corrected chi connectivity index (χ1v) is 10.3. The molecule has 0 radical (unpaired) electrons. The van der Waals surface area contributed by atoms with Gasteiger partial charge in [-0.25, -0.2) is 0 Å². The largest absolute Gasteiger partial charge is 0.378 e. The topological polar surface area (TPSA) is 101 Å². The summed E-state index contributed by atoms with van der Waals surface area (Å²) >= 11 is 0. The molecule has 5 rings (SSSR count). The zero-order valence-electron chi connectivity index (χ0n) is 17.1. The van der Waals surface area contributed by atoms with E-state index in [9.17, 15) is 4.79 Å². The molecule has 2 aliphatic heterocycles. The maximum atomic E-state index is 12.9. The second-order valence-corrected chi connectivity index (χ2v) is 7.47. The van der Waals surface area contributed by atoms with Gasteiger partial charge in [0.15, 0.2) is 17.3 Å². The number of carbonyl (C=O) groups is 1. The normalized spacial score (nSPS) is 17.1. The summed E-state index contributed by atoms with van der Waals surface area (Å²) in [5.41, 5.74) is 2.12. The fourth-order valence-electron chi connectivity index (χ4n) is 3.82. The second-order valence-electron chi connectivity index (χ2n) is 7.47. The standard InChI is InChI=1S/C21H23N7O3/c29-21(18-13-19(31-25-18)16-2-1-3-22-14-16)28-6-4-26(5-7-28)17-12-20(24-23-15-17)27-8-10-30-11-9-27/h1-3,12-15H,4-11H2. The van der Waals surface area contributed by atoms with Crippen LogP contribution in [0.3, 0.4) is 0 Å². The van der Waals surface area contributed by atoms with Crippen LogP contribution in [0.15, 0.2) is 47.4 Å². The van der Waals surface area contributed by atoms with E-state index in [4.69, 9.17) is 9.26 Å². The number of ether oxygens (including phenoxy) is 1. The van der Waals surface area contributed by atoms with Gasteiger partial charge >= 0.3 is 0 Å². The fourth-order valence-corrected chi connectivity index (χ4v) is 3.82. The van der Waals surface area contributed by atoms with E-state index in [1.807, 2.05) is 12.1 Å². The Morgan fingerprint density at radius 2 is 1.81 bits per heavy atom. The highest BCUT2D eigenvalue weighted by atomic mass is 16.5. The van der Waals surface area contributed by atoms with Gasteiger partial charge in [0.25, 0.3) is 5.91 Å². The Balaban J connectivity index is 1.22. The Bertz CT molecular complexity index is 1030. The number of hydrogen-bond acceptors (Lipinski definition) is 9. The van der Waals surface area contributed by atoms with Gasteiger partial charge in [0.2, 0.25) is 0 Å². The van der Waals surface area contributed by atoms with Crippen molar-refractivity contribution in [3.8, 4) is 11.3 Å². The van der Waals surface area contributed by atoms with Gasteiger partial charge in [-0.3, -0.25) is 9.78 Å². The van der Waals surface area contributed by atoms with Gasteiger partial charge in [0, 0.05) is 69.4 Å². The zero-order valence-corrected chi connectivity index (χ0v) is 17.1. The van der Waals surface area contributed by atoms with E-state index < -0.39 is 0 Å². The monoisotopic (exact) mass is 421 g/mol. The number of amides is 1. The molecule has 5 heterocycles. The van der Waals surface area contributed by atoms with Crippen molar-refractivity contribution in [1.29, 1.82) is 0 Å². The first-order chi connectivity index (χ1) is 15.3. The van der Waals surface area contributed by atoms with Crippen LogP contribution in [0.5, 0.6) is 0 Å². The summed E-state index contributed by atoms with van der Waals surface area (Å²) in [7, 11) is 0. The number of piperazine rings is 1. The predicted octanol–water partition coefficient (Wildman–Crippen LogP) is 1.33. The number of anilines is 2. The van der Waals surface area contributed by atoms with Crippen LogP contribution in [0.2, 0.25) is 0 Å². The molecule has 10 heteroatoms. The molecule has 0 N–H and O–H groups in total. The number of rotatable bonds is 4. The Kier molecular flexibility index (Phi) is 5.44. The highest BCUT2D eigenvalue weighted by Gasteiger charge is 2.25. The number of pyridine rings is 1. The smallest absolute Gasteiger partial charge is 0.276 e. The quantitative estimate of drug-likeness (QED) is 0.617. The van der Waals surface area contributed by atoms with Crippen molar-refractivity contribution in [2.24, 2.45) is 0 Å². The summed E-state index contributed by atoms with van der Waals surface area (Å²) in [5, 5.41) is 12.4. The van der Waals surface area contributed by atoms with Crippen LogP contribution in [0.1, 0.15) is 10.5 Å². The number of hydrogen-bond donors (Lipinski definition) is 0. The number of nitrogens with zero attached hydrogens (tertiary/aromatic N) is 7. The van der Waals surface area contributed by atoms with Gasteiger partial charge in [-0.05, 0) is 12.1 Å². The molecule has 1 amide bonds. The maximum Gasteiger partial charge on any atom is 0.276 e. The average molecular weight is 421 g/mol. The van der Waals surface area contributed by atoms with Crippen LogP contribution < -0.4 is 9.80 Å². The van der Waals surface area contributed by atoms with Crippen molar-refractivity contribution >= 4 is 17.4 Å². The number of morpholine rings is 1. The fraction of sp³-hybridized carbons (Fsp3) is 0.381. The molecular formula is C21H23N7O3. The molecule has 0 atom stereocenters. The summed E-state index contributed by atoms with van der Waals surface area (Å²) < 4.78 is 10.8. The minimum Gasteiger partial charge on any atom is -0.378 e. The molecule has 0 saturated carbocycles. The Hall–Kier alpha value is -3.53. The molecule has 0 bridgehead atoms. The molecular weight excluding hydrogens is 398 g/mol. The van der Waals surface area contributed by atoms with Crippen LogP contribution >= 0.6 is 0 Å². The molecule has 10 nitrogen and oxygen atoms in total. The molecule has 2 saturated heterocycles. The van der Waals surface area contributed by atoms with Crippen LogP contribution in [-0.4, -0.2) is 83.6 Å². The SMILES string of the molecule is O=C(c1cc(-c2cccnc2)on1)N1CCN(c2cnnc(N3CCOCC3)c2)CC1. The Morgan fingerprint density at radius 1 is 0.968 bits per heavy atom. The molecule has 0 unspecified atom stereocenters. The third-order valence-electron chi connectivity index (χ3n) is 5.57. The molecule has 3 aromatic rings. The van der Waals surface area contributed by atoms with Crippen LogP contribution in [0.4, 0.5) is 11.5 Å². The minimum absolute atomic E-state index is 0.125. The summed E-state index contributed by atoms with van der Waals surface area (Å²) in [6, 6.07) is 7.42. The lowest BCUT2D eigenvalue weighted by atomic mass is 10.2. The van der Waals surface area contributed by atoms with Crippen molar-refractivity contribution in [1.82, 2.24) is 25.2 Å². The summed E-state index contributed by atoms with van der Waals surface area (Å²) in [4.78, 5) is 23.2. The van der Waals surface area contributed by atoms with E-state index in [0.717, 1.165) is 30.2 Å². The molecule has 31 heavy (non-hydrogen) atoms. The summed E-state index contributed by atoms with van der Waals surface area (Å²) in [5.74, 6) is 1.28. The maximum absolute atomic E-state index is 12.9. The van der Waals surface area contributed by atoms with E-state index >= 15 is 0 Å². The van der Waals surface area contributed by atoms with Gasteiger partial charge in [0.05, 0.1) is 25.1 Å². The van der Waals surface area contributed by atoms with Gasteiger partial charge in [-0.1, -0.05) is 5.16 Å². The van der Waals surface area contributed by atoms with Crippen LogP contribution in [-0.2, 0) is 4.74 Å². The zero-order chi connectivity index (χ0) is 21.0. The van der Waals surface area contributed by atoms with E-state index in [0.29, 0.717) is 50.8 Å². The minimum atomic E-state index is -0.125. The van der Waals surface area contributed by atoms with E-state index in [1.165, 1.54) is 0 Å². The molecule has 160 valence electrons. The second kappa shape index (κ2) is 8.68. The molecule has 0 aromatic carbocycles. The van der Waals surface area contributed by atoms with Crippen molar-refractivity contribution < 1.29 is 14.1 Å². The molecule has 2 fully saturated rings. The van der Waals surface area contributed by atoms with Gasteiger partial charge in [-0.15, -0.1) is 5.10 Å². The van der Waals surface area contributed by atoms with Crippen molar-refractivity contribution in [2.45, 2.75) is 0 Å². The molecule has 0 aliphatic carbocycles. The molecule has 2 aliphatic rings. The van der Waals surface area contributed by atoms with Gasteiger partial charge in [0.1, 0.15) is 0 Å². The van der Waals surface area contributed by atoms with Crippen molar-refractivity contribution in [3.63, 3.8) is 0 Å². The van der Waals surface area contributed by atoms with Crippen LogP contribution in [0, 0.1) is 0 Å². The molecule has 0 spiro atoms. The van der Waals surface area contributed by atoms with E-state index in [-0.39, 0.29) is 5.91 Å². The lowest BCUT2D eigenvalue weighted by Gasteiger charge is -2.36. The van der Waals surface area contributed by atoms with Crippen molar-refractivity contribution in [3.05, 3.63) is 48.5 Å². The summed E-state index contributed by atoms with van der Waals surface area (Å²) in [6.07, 6.45) is 5.15. The van der Waals surface area contributed by atoms with Crippen molar-refractivity contribution in [2.75, 3.05) is 62.3 Å². The third-order valence-corrected chi connectivity index (χ3v) is 5.57. The first-order valence-electron chi connectivity index (χ1n) is 10.3. The lowest BCUT2D eigenvalue weighted by Crippen LogP contribution is -2.49. The predicted molar refractivity (Wildman–Crippen MR) is 113 cm³/mol. The van der Waals surface area contributed by atoms with Gasteiger partial charge in [-0.2, -0.15) is 5.10 Å². The molecule has 3 aromatic heterocycles. The number of carbonyl (C=O) groups excluding carboxylic acids is 1. The Morgan fingerprint density at radius 3 is 2.58 bits per heavy atom. The highest BCUT2D eigenvalue weighted by Crippen LogP contribution is 2.23.